The van der Waals surface area contributed by atoms with E-state index in [1.807, 2.05) is 30.5 Å². The van der Waals surface area contributed by atoms with Crippen molar-refractivity contribution >= 4 is 11.8 Å². The Morgan fingerprint density at radius 2 is 2.04 bits per heavy atom. The van der Waals surface area contributed by atoms with Gasteiger partial charge in [0.2, 0.25) is 0 Å². The molecule has 1 atom stereocenters. The number of pyridine rings is 1. The molecule has 0 saturated heterocycles. The average Bonchev–Trinajstić information content (AvgIpc) is 3.12. The van der Waals surface area contributed by atoms with Crippen LogP contribution >= 0.6 is 0 Å². The van der Waals surface area contributed by atoms with E-state index in [2.05, 4.69) is 15.3 Å². The van der Waals surface area contributed by atoms with Crippen LogP contribution in [0.1, 0.15) is 65.5 Å². The summed E-state index contributed by atoms with van der Waals surface area (Å²) in [6.45, 7) is 5.32. The Kier molecular flexibility index (Phi) is 6.44. The summed E-state index contributed by atoms with van der Waals surface area (Å²) in [5.41, 5.74) is 2.45. The molecule has 1 aliphatic heterocycles. The van der Waals surface area contributed by atoms with Crippen molar-refractivity contribution in [1.82, 2.24) is 24.8 Å². The maximum atomic E-state index is 13.1. The van der Waals surface area contributed by atoms with Crippen LogP contribution in [-0.2, 0) is 19.4 Å². The lowest BCUT2D eigenvalue weighted by Crippen LogP contribution is -2.34. The summed E-state index contributed by atoms with van der Waals surface area (Å²) in [5.74, 6) is 0.0409. The van der Waals surface area contributed by atoms with E-state index >= 15 is 0 Å². The summed E-state index contributed by atoms with van der Waals surface area (Å²) in [4.78, 5) is 35.9. The predicted molar refractivity (Wildman–Crippen MR) is 107 cm³/mol. The number of rotatable bonds is 7. The Labute approximate surface area is 166 Å². The number of hydrogen-bond acceptors (Lipinski definition) is 4. The molecule has 7 heteroatoms. The maximum absolute atomic E-state index is 13.1. The fraction of sp³-hybridized carbons (Fsp3) is 0.524. The Bertz CT molecular complexity index is 831. The van der Waals surface area contributed by atoms with Gasteiger partial charge in [-0.25, -0.2) is 4.98 Å². The van der Waals surface area contributed by atoms with E-state index in [0.29, 0.717) is 18.1 Å². The number of imidazole rings is 1. The van der Waals surface area contributed by atoms with Gasteiger partial charge >= 0.3 is 0 Å². The third-order valence-corrected chi connectivity index (χ3v) is 5.35. The average molecular weight is 383 g/mol. The van der Waals surface area contributed by atoms with Gasteiger partial charge in [-0.3, -0.25) is 14.6 Å². The minimum atomic E-state index is -0.198. The van der Waals surface area contributed by atoms with Gasteiger partial charge in [-0.15, -0.1) is 0 Å². The second-order valence-electron chi connectivity index (χ2n) is 7.45. The number of nitrogens with zero attached hydrogens (tertiary/aromatic N) is 4. The van der Waals surface area contributed by atoms with Gasteiger partial charge in [-0.05, 0) is 56.7 Å². The molecule has 0 aliphatic carbocycles. The number of amides is 2. The van der Waals surface area contributed by atoms with Crippen molar-refractivity contribution in [2.24, 2.45) is 0 Å². The molecule has 3 rings (SSSR count). The fourth-order valence-corrected chi connectivity index (χ4v) is 3.41. The third-order valence-electron chi connectivity index (χ3n) is 5.35. The predicted octanol–water partition coefficient (Wildman–Crippen LogP) is 2.46. The lowest BCUT2D eigenvalue weighted by molar-refractivity contribution is 0.0789. The first kappa shape index (κ1) is 20.0. The van der Waals surface area contributed by atoms with Crippen molar-refractivity contribution < 1.29 is 9.59 Å². The smallest absolute Gasteiger partial charge is 0.287 e. The molecule has 1 unspecified atom stereocenters. The molecular formula is C21H29N5O2. The zero-order chi connectivity index (χ0) is 20.1. The first-order valence-electron chi connectivity index (χ1n) is 10.1. The van der Waals surface area contributed by atoms with Crippen LogP contribution in [-0.4, -0.2) is 50.9 Å². The van der Waals surface area contributed by atoms with Crippen LogP contribution in [0.15, 0.2) is 24.5 Å². The number of likely N-dealkylation sites (N-methyl/N-ethyl adjacent to an activating group) is 1. The van der Waals surface area contributed by atoms with Gasteiger partial charge in [-0.2, -0.15) is 0 Å². The summed E-state index contributed by atoms with van der Waals surface area (Å²) in [6.07, 6.45) is 7.90. The molecule has 2 aromatic heterocycles. The molecule has 1 N–H and O–H groups in total. The Morgan fingerprint density at radius 3 is 2.75 bits per heavy atom. The molecule has 2 amide bonds. The summed E-state index contributed by atoms with van der Waals surface area (Å²) < 4.78 is 1.94. The lowest BCUT2D eigenvalue weighted by atomic mass is 10.1. The highest BCUT2D eigenvalue weighted by atomic mass is 16.2. The van der Waals surface area contributed by atoms with Gasteiger partial charge < -0.3 is 14.8 Å². The molecule has 1 aliphatic rings. The van der Waals surface area contributed by atoms with Crippen LogP contribution in [0.4, 0.5) is 0 Å². The van der Waals surface area contributed by atoms with E-state index in [1.165, 1.54) is 0 Å². The van der Waals surface area contributed by atoms with Crippen LogP contribution in [0.25, 0.3) is 0 Å². The third kappa shape index (κ3) is 4.40. The van der Waals surface area contributed by atoms with Crippen molar-refractivity contribution in [1.29, 1.82) is 0 Å². The zero-order valence-corrected chi connectivity index (χ0v) is 16.9. The van der Waals surface area contributed by atoms with Crippen molar-refractivity contribution in [3.8, 4) is 0 Å². The molecule has 2 aromatic rings. The molecular weight excluding hydrogens is 354 g/mol. The first-order chi connectivity index (χ1) is 13.5. The Hall–Kier alpha value is -2.70. The number of nitrogens with one attached hydrogen (secondary N) is 1. The molecule has 0 bridgehead atoms. The Balaban J connectivity index is 1.78. The molecule has 0 saturated carbocycles. The minimum absolute atomic E-state index is 0.0752. The molecule has 7 nitrogen and oxygen atoms in total. The maximum Gasteiger partial charge on any atom is 0.287 e. The van der Waals surface area contributed by atoms with E-state index in [1.54, 1.807) is 24.3 Å². The zero-order valence-electron chi connectivity index (χ0n) is 16.9. The van der Waals surface area contributed by atoms with E-state index in [9.17, 15) is 9.59 Å². The molecule has 0 aromatic carbocycles. The van der Waals surface area contributed by atoms with Gasteiger partial charge in [0.05, 0.1) is 5.69 Å². The number of fused-ring (bicyclic) bond motifs is 1. The van der Waals surface area contributed by atoms with E-state index in [-0.39, 0.29) is 17.9 Å². The first-order valence-corrected chi connectivity index (χ1v) is 10.1. The van der Waals surface area contributed by atoms with Crippen molar-refractivity contribution in [3.05, 3.63) is 47.3 Å². The van der Waals surface area contributed by atoms with Gasteiger partial charge in [0.15, 0.2) is 5.82 Å². The highest BCUT2D eigenvalue weighted by molar-refractivity contribution is 5.97. The van der Waals surface area contributed by atoms with Gasteiger partial charge in [-0.1, -0.05) is 6.92 Å². The standard InChI is InChI=1S/C21H29N5O2/c1-4-15(2)23-20(27)19-24-18(17-7-5-6-13-26(17)19)21(28)25(3)14-10-16-8-11-22-12-9-16/h8-9,11-12,15H,4-7,10,13-14H2,1-3H3,(H,23,27). The monoisotopic (exact) mass is 383 g/mol. The molecule has 0 spiro atoms. The van der Waals surface area contributed by atoms with Crippen LogP contribution in [0, 0.1) is 0 Å². The number of aromatic nitrogens is 3. The largest absolute Gasteiger partial charge is 0.347 e. The van der Waals surface area contributed by atoms with Crippen molar-refractivity contribution in [3.63, 3.8) is 0 Å². The highest BCUT2D eigenvalue weighted by Crippen LogP contribution is 2.22. The van der Waals surface area contributed by atoms with E-state index in [0.717, 1.165) is 49.9 Å². The second kappa shape index (κ2) is 8.99. The van der Waals surface area contributed by atoms with Crippen LogP contribution < -0.4 is 5.32 Å². The number of hydrogen-bond donors (Lipinski definition) is 1. The van der Waals surface area contributed by atoms with E-state index in [4.69, 9.17) is 0 Å². The molecule has 0 fully saturated rings. The Morgan fingerprint density at radius 1 is 1.29 bits per heavy atom. The quantitative estimate of drug-likeness (QED) is 0.796. The van der Waals surface area contributed by atoms with Crippen molar-refractivity contribution in [2.45, 2.75) is 58.5 Å². The van der Waals surface area contributed by atoms with Crippen LogP contribution in [0.5, 0.6) is 0 Å². The summed E-state index contributed by atoms with van der Waals surface area (Å²) >= 11 is 0. The van der Waals surface area contributed by atoms with Crippen LogP contribution in [0.2, 0.25) is 0 Å². The SMILES string of the molecule is CCC(C)NC(=O)c1nc(C(=O)N(C)CCc2ccncc2)c2n1CCCC2. The summed E-state index contributed by atoms with van der Waals surface area (Å²) in [5, 5.41) is 2.97. The van der Waals surface area contributed by atoms with Gasteiger partial charge in [0.25, 0.3) is 11.8 Å². The molecule has 0 radical (unpaired) electrons. The van der Waals surface area contributed by atoms with Crippen molar-refractivity contribution in [2.75, 3.05) is 13.6 Å². The normalized spacial score (nSPS) is 14.2. The lowest BCUT2D eigenvalue weighted by Gasteiger charge is -2.20. The fourth-order valence-electron chi connectivity index (χ4n) is 3.41. The second-order valence-corrected chi connectivity index (χ2v) is 7.45. The summed E-state index contributed by atoms with van der Waals surface area (Å²) in [7, 11) is 1.79. The molecule has 28 heavy (non-hydrogen) atoms. The van der Waals surface area contributed by atoms with Crippen LogP contribution in [0.3, 0.4) is 0 Å². The molecule has 150 valence electrons. The van der Waals surface area contributed by atoms with Gasteiger partial charge in [0.1, 0.15) is 5.69 Å². The molecule has 3 heterocycles. The number of carbonyl (C=O) groups is 2. The topological polar surface area (TPSA) is 80.1 Å². The highest BCUT2D eigenvalue weighted by Gasteiger charge is 2.29. The summed E-state index contributed by atoms with van der Waals surface area (Å²) in [6, 6.07) is 3.98. The minimum Gasteiger partial charge on any atom is -0.347 e. The van der Waals surface area contributed by atoms with E-state index < -0.39 is 0 Å². The van der Waals surface area contributed by atoms with Gasteiger partial charge in [0, 0.05) is 38.6 Å². The number of carbonyl (C=O) groups excluding carboxylic acids is 2.